The van der Waals surface area contributed by atoms with Crippen molar-refractivity contribution in [2.24, 2.45) is 11.8 Å². The number of fused-ring (bicyclic) bond motifs is 1. The predicted octanol–water partition coefficient (Wildman–Crippen LogP) is 4.15. The molecule has 0 spiro atoms. The molecule has 1 aliphatic rings. The molecule has 2 aromatic rings. The van der Waals surface area contributed by atoms with E-state index in [1.54, 1.807) is 0 Å². The average molecular weight is 268 g/mol. The number of hydrogen-bond acceptors (Lipinski definition) is 2. The zero-order valence-corrected chi connectivity index (χ0v) is 12.5. The van der Waals surface area contributed by atoms with E-state index in [-0.39, 0.29) is 0 Å². The molecule has 3 atom stereocenters. The number of rotatable bonds is 3. The zero-order chi connectivity index (χ0) is 13.9. The quantitative estimate of drug-likeness (QED) is 0.904. The van der Waals surface area contributed by atoms with Gasteiger partial charge in [0.1, 0.15) is 0 Å². The van der Waals surface area contributed by atoms with Crippen molar-refractivity contribution < 1.29 is 0 Å². The van der Waals surface area contributed by atoms with Gasteiger partial charge in [-0.15, -0.1) is 0 Å². The fourth-order valence-corrected chi connectivity index (χ4v) is 3.23. The molecule has 2 nitrogen and oxygen atoms in total. The molecule has 3 unspecified atom stereocenters. The number of nitrogens with one attached hydrogen (secondary N) is 1. The molecule has 106 valence electrons. The van der Waals surface area contributed by atoms with Crippen LogP contribution in [0.15, 0.2) is 36.5 Å². The Labute approximate surface area is 121 Å². The Kier molecular flexibility index (Phi) is 4.02. The summed E-state index contributed by atoms with van der Waals surface area (Å²) >= 11 is 0. The molecule has 1 saturated carbocycles. The van der Waals surface area contributed by atoms with E-state index in [1.165, 1.54) is 30.2 Å². The maximum Gasteiger partial charge on any atom is 0.0702 e. The summed E-state index contributed by atoms with van der Waals surface area (Å²) in [6.07, 6.45) is 5.85. The van der Waals surface area contributed by atoms with Crippen LogP contribution in [0.2, 0.25) is 0 Å². The maximum absolute atomic E-state index is 4.37. The van der Waals surface area contributed by atoms with Gasteiger partial charge in [0.25, 0.3) is 0 Å². The van der Waals surface area contributed by atoms with Crippen LogP contribution in [0.4, 0.5) is 0 Å². The van der Waals surface area contributed by atoms with Crippen molar-refractivity contribution in [3.05, 3.63) is 42.1 Å². The third-order valence-electron chi connectivity index (χ3n) is 4.86. The first-order valence-electron chi connectivity index (χ1n) is 7.79. The number of nitrogens with zero attached hydrogens (tertiary/aromatic N) is 1. The minimum absolute atomic E-state index is 0.686. The van der Waals surface area contributed by atoms with Crippen LogP contribution in [0, 0.1) is 11.8 Å². The van der Waals surface area contributed by atoms with E-state index in [9.17, 15) is 0 Å². The van der Waals surface area contributed by atoms with Crippen LogP contribution in [-0.4, -0.2) is 11.0 Å². The van der Waals surface area contributed by atoms with Gasteiger partial charge in [0.05, 0.1) is 5.52 Å². The highest BCUT2D eigenvalue weighted by atomic mass is 14.9. The highest BCUT2D eigenvalue weighted by Gasteiger charge is 2.23. The summed E-state index contributed by atoms with van der Waals surface area (Å²) in [7, 11) is 0. The van der Waals surface area contributed by atoms with Gasteiger partial charge in [-0.3, -0.25) is 4.98 Å². The fraction of sp³-hybridized carbons (Fsp3) is 0.500. The Bertz CT molecular complexity index is 578. The topological polar surface area (TPSA) is 24.9 Å². The summed E-state index contributed by atoms with van der Waals surface area (Å²) in [4.78, 5) is 4.37. The molecule has 1 aromatic heterocycles. The molecule has 1 aromatic carbocycles. The van der Waals surface area contributed by atoms with Gasteiger partial charge in [-0.2, -0.15) is 0 Å². The SMILES string of the molecule is CC1CCC(NCc2ccc3ncccc3c2)CC1C. The van der Waals surface area contributed by atoms with Crippen molar-refractivity contribution >= 4 is 10.9 Å². The van der Waals surface area contributed by atoms with Crippen molar-refractivity contribution in [2.75, 3.05) is 0 Å². The first-order chi connectivity index (χ1) is 9.72. The van der Waals surface area contributed by atoms with E-state index < -0.39 is 0 Å². The van der Waals surface area contributed by atoms with Crippen molar-refractivity contribution in [3.63, 3.8) is 0 Å². The van der Waals surface area contributed by atoms with Crippen molar-refractivity contribution in [1.82, 2.24) is 10.3 Å². The summed E-state index contributed by atoms with van der Waals surface area (Å²) in [5, 5.41) is 4.97. The normalized spacial score (nSPS) is 26.8. The number of hydrogen-bond donors (Lipinski definition) is 1. The Morgan fingerprint density at radius 3 is 2.90 bits per heavy atom. The molecular formula is C18H24N2. The molecular weight excluding hydrogens is 244 g/mol. The minimum atomic E-state index is 0.686. The van der Waals surface area contributed by atoms with Crippen LogP contribution in [0.5, 0.6) is 0 Å². The van der Waals surface area contributed by atoms with Gasteiger partial charge in [0.2, 0.25) is 0 Å². The Morgan fingerprint density at radius 1 is 1.15 bits per heavy atom. The lowest BCUT2D eigenvalue weighted by Crippen LogP contribution is -2.35. The van der Waals surface area contributed by atoms with Crippen molar-refractivity contribution in [2.45, 2.75) is 45.7 Å². The lowest BCUT2D eigenvalue weighted by Gasteiger charge is -2.32. The zero-order valence-electron chi connectivity index (χ0n) is 12.5. The van der Waals surface area contributed by atoms with Crippen LogP contribution in [0.1, 0.15) is 38.7 Å². The highest BCUT2D eigenvalue weighted by Crippen LogP contribution is 2.29. The van der Waals surface area contributed by atoms with E-state index in [4.69, 9.17) is 0 Å². The van der Waals surface area contributed by atoms with Crippen LogP contribution in [-0.2, 0) is 6.54 Å². The summed E-state index contributed by atoms with van der Waals surface area (Å²) < 4.78 is 0. The van der Waals surface area contributed by atoms with E-state index in [1.807, 2.05) is 12.3 Å². The summed E-state index contributed by atoms with van der Waals surface area (Å²) in [6.45, 7) is 5.74. The van der Waals surface area contributed by atoms with Crippen LogP contribution in [0.25, 0.3) is 10.9 Å². The van der Waals surface area contributed by atoms with E-state index in [0.717, 1.165) is 23.9 Å². The number of benzene rings is 1. The molecule has 2 heteroatoms. The molecule has 1 aliphatic carbocycles. The second kappa shape index (κ2) is 5.92. The lowest BCUT2D eigenvalue weighted by molar-refractivity contribution is 0.225. The predicted molar refractivity (Wildman–Crippen MR) is 84.5 cm³/mol. The Hall–Kier alpha value is -1.41. The average Bonchev–Trinajstić information content (AvgIpc) is 2.48. The second-order valence-electron chi connectivity index (χ2n) is 6.38. The van der Waals surface area contributed by atoms with Gasteiger partial charge in [-0.1, -0.05) is 26.0 Å². The Morgan fingerprint density at radius 2 is 2.05 bits per heavy atom. The summed E-state index contributed by atoms with van der Waals surface area (Å²) in [5.41, 5.74) is 2.44. The smallest absolute Gasteiger partial charge is 0.0702 e. The molecule has 1 heterocycles. The first kappa shape index (κ1) is 13.6. The standard InChI is InChI=1S/C18H24N2/c1-13-5-7-17(10-14(13)2)20-12-15-6-8-18-16(11-15)4-3-9-19-18/h3-4,6,8-9,11,13-14,17,20H,5,7,10,12H2,1-2H3. The van der Waals surface area contributed by atoms with Crippen LogP contribution >= 0.6 is 0 Å². The van der Waals surface area contributed by atoms with E-state index in [0.29, 0.717) is 6.04 Å². The molecule has 0 radical (unpaired) electrons. The van der Waals surface area contributed by atoms with Crippen LogP contribution in [0.3, 0.4) is 0 Å². The van der Waals surface area contributed by atoms with Gasteiger partial charge in [0, 0.05) is 24.2 Å². The first-order valence-corrected chi connectivity index (χ1v) is 7.79. The minimum Gasteiger partial charge on any atom is -0.310 e. The van der Waals surface area contributed by atoms with Gasteiger partial charge in [-0.25, -0.2) is 0 Å². The lowest BCUT2D eigenvalue weighted by atomic mass is 9.79. The molecule has 20 heavy (non-hydrogen) atoms. The molecule has 1 fully saturated rings. The Balaban J connectivity index is 1.62. The molecule has 0 saturated heterocycles. The number of pyridine rings is 1. The molecule has 3 rings (SSSR count). The third kappa shape index (κ3) is 3.01. The van der Waals surface area contributed by atoms with Gasteiger partial charge in [0.15, 0.2) is 0 Å². The maximum atomic E-state index is 4.37. The van der Waals surface area contributed by atoms with Crippen molar-refractivity contribution in [3.8, 4) is 0 Å². The molecule has 0 amide bonds. The van der Waals surface area contributed by atoms with E-state index in [2.05, 4.69) is 48.4 Å². The van der Waals surface area contributed by atoms with Crippen LogP contribution < -0.4 is 5.32 Å². The van der Waals surface area contributed by atoms with Crippen molar-refractivity contribution in [1.29, 1.82) is 0 Å². The van der Waals surface area contributed by atoms with E-state index >= 15 is 0 Å². The van der Waals surface area contributed by atoms with Gasteiger partial charge < -0.3 is 5.32 Å². The molecule has 0 aliphatic heterocycles. The second-order valence-corrected chi connectivity index (χ2v) is 6.38. The molecule has 1 N–H and O–H groups in total. The summed E-state index contributed by atoms with van der Waals surface area (Å²) in [6, 6.07) is 11.4. The van der Waals surface area contributed by atoms with Gasteiger partial charge >= 0.3 is 0 Å². The highest BCUT2D eigenvalue weighted by molar-refractivity contribution is 5.78. The fourth-order valence-electron chi connectivity index (χ4n) is 3.23. The third-order valence-corrected chi connectivity index (χ3v) is 4.86. The number of aromatic nitrogens is 1. The van der Waals surface area contributed by atoms with Gasteiger partial charge in [-0.05, 0) is 54.9 Å². The monoisotopic (exact) mass is 268 g/mol. The molecule has 0 bridgehead atoms. The largest absolute Gasteiger partial charge is 0.310 e. The summed E-state index contributed by atoms with van der Waals surface area (Å²) in [5.74, 6) is 1.74.